The number of nitrogens with one attached hydrogen (secondary N) is 1. The molecule has 0 unspecified atom stereocenters. The zero-order valence-corrected chi connectivity index (χ0v) is 26.0. The van der Waals surface area contributed by atoms with Crippen molar-refractivity contribution in [2.75, 3.05) is 22.5 Å². The second-order valence-electron chi connectivity index (χ2n) is 10.8. The fourth-order valence-corrected chi connectivity index (χ4v) is 5.41. The zero-order chi connectivity index (χ0) is 32.4. The van der Waals surface area contributed by atoms with Gasteiger partial charge in [0.2, 0.25) is 10.0 Å². The van der Waals surface area contributed by atoms with E-state index >= 15 is 0 Å². The van der Waals surface area contributed by atoms with E-state index in [1.807, 2.05) is 61.5 Å². The number of carboxylic acid groups (broad SMARTS) is 1. The van der Waals surface area contributed by atoms with Crippen LogP contribution in [0.2, 0.25) is 0 Å². The second-order valence-corrected chi connectivity index (χ2v) is 12.6. The number of carbonyl (C=O) groups is 1. The minimum atomic E-state index is -3.43. The fraction of sp³-hybridized carbons (Fsp3) is 0.265. The Bertz CT molecular complexity index is 1650. The highest BCUT2D eigenvalue weighted by atomic mass is 32.2. The highest BCUT2D eigenvalue weighted by molar-refractivity contribution is 7.92. The third-order valence-electron chi connectivity index (χ3n) is 6.91. The number of aliphatic hydroxyl groups excluding tert-OH is 2. The Balaban J connectivity index is 1.40. The van der Waals surface area contributed by atoms with Gasteiger partial charge in [0.15, 0.2) is 0 Å². The van der Waals surface area contributed by atoms with Crippen LogP contribution in [0.1, 0.15) is 29.5 Å². The van der Waals surface area contributed by atoms with Gasteiger partial charge in [-0.3, -0.25) is 9.52 Å². The lowest BCUT2D eigenvalue weighted by Gasteiger charge is -2.28. The van der Waals surface area contributed by atoms with Crippen LogP contribution < -0.4 is 19.1 Å². The summed E-state index contributed by atoms with van der Waals surface area (Å²) in [5.74, 6) is 0.589. The Morgan fingerprint density at radius 3 is 1.98 bits per heavy atom. The summed E-state index contributed by atoms with van der Waals surface area (Å²) in [7, 11) is -3.43. The van der Waals surface area contributed by atoms with Crippen LogP contribution in [0.25, 0.3) is 0 Å². The van der Waals surface area contributed by atoms with Crippen LogP contribution in [0.15, 0.2) is 97.1 Å². The number of sulfonamides is 1. The number of aliphatic hydroxyl groups is 2. The van der Waals surface area contributed by atoms with E-state index in [0.717, 1.165) is 28.6 Å². The summed E-state index contributed by atoms with van der Waals surface area (Å²) in [6.07, 6.45) is -1.54. The molecule has 0 bridgehead atoms. The van der Waals surface area contributed by atoms with Gasteiger partial charge in [-0.25, -0.2) is 8.42 Å². The molecule has 4 aromatic rings. The largest absolute Gasteiger partial charge is 0.491 e. The number of hydrogen-bond donors (Lipinski definition) is 4. The van der Waals surface area contributed by atoms with Crippen LogP contribution in [0.3, 0.4) is 0 Å². The maximum atomic E-state index is 11.9. The van der Waals surface area contributed by atoms with E-state index in [4.69, 9.17) is 14.6 Å². The Hall–Kier alpha value is -4.58. The predicted molar refractivity (Wildman–Crippen MR) is 173 cm³/mol. The summed E-state index contributed by atoms with van der Waals surface area (Å²) in [6.45, 7) is 3.01. The molecular formula is C34H38N2O8S. The molecule has 0 spiro atoms. The van der Waals surface area contributed by atoms with Crippen molar-refractivity contribution in [3.05, 3.63) is 114 Å². The molecule has 0 aromatic heterocycles. The van der Waals surface area contributed by atoms with Gasteiger partial charge in [-0.2, -0.15) is 0 Å². The highest BCUT2D eigenvalue weighted by Crippen LogP contribution is 2.31. The van der Waals surface area contributed by atoms with Crippen molar-refractivity contribution < 1.29 is 38.0 Å². The maximum absolute atomic E-state index is 11.9. The second kappa shape index (κ2) is 15.4. The van der Waals surface area contributed by atoms with E-state index in [0.29, 0.717) is 36.0 Å². The fourth-order valence-electron chi connectivity index (χ4n) is 4.79. The molecule has 10 nitrogen and oxygen atoms in total. The topological polar surface area (TPSA) is 146 Å². The highest BCUT2D eigenvalue weighted by Gasteiger charge is 2.17. The van der Waals surface area contributed by atoms with Gasteiger partial charge in [-0.05, 0) is 72.1 Å². The quantitative estimate of drug-likeness (QED) is 0.128. The first-order valence-corrected chi connectivity index (χ1v) is 16.3. The third kappa shape index (κ3) is 10.8. The number of ether oxygens (including phenoxy) is 2. The first kappa shape index (κ1) is 33.3. The number of anilines is 2. The van der Waals surface area contributed by atoms with Gasteiger partial charge in [0.05, 0.1) is 30.6 Å². The van der Waals surface area contributed by atoms with Gasteiger partial charge >= 0.3 is 5.97 Å². The molecule has 2 atom stereocenters. The molecule has 45 heavy (non-hydrogen) atoms. The molecular weight excluding hydrogens is 596 g/mol. The number of nitrogens with zero attached hydrogens (tertiary/aromatic N) is 1. The van der Waals surface area contributed by atoms with Crippen LogP contribution in [0.4, 0.5) is 11.4 Å². The first-order chi connectivity index (χ1) is 21.4. The van der Waals surface area contributed by atoms with Crippen molar-refractivity contribution in [3.63, 3.8) is 0 Å². The van der Waals surface area contributed by atoms with Crippen molar-refractivity contribution in [1.29, 1.82) is 0 Å². The zero-order valence-electron chi connectivity index (χ0n) is 25.2. The average Bonchev–Trinajstić information content (AvgIpc) is 2.98. The van der Waals surface area contributed by atoms with E-state index < -0.39 is 34.6 Å². The van der Waals surface area contributed by atoms with E-state index in [1.165, 1.54) is 0 Å². The van der Waals surface area contributed by atoms with E-state index in [-0.39, 0.29) is 13.0 Å². The van der Waals surface area contributed by atoms with Crippen LogP contribution >= 0.6 is 0 Å². The molecule has 0 fully saturated rings. The molecule has 11 heteroatoms. The van der Waals surface area contributed by atoms with Gasteiger partial charge in [0.25, 0.3) is 0 Å². The molecule has 4 aromatic carbocycles. The first-order valence-electron chi connectivity index (χ1n) is 14.4. The van der Waals surface area contributed by atoms with Crippen LogP contribution in [0.5, 0.6) is 17.2 Å². The maximum Gasteiger partial charge on any atom is 0.305 e. The van der Waals surface area contributed by atoms with Gasteiger partial charge < -0.3 is 29.7 Å². The van der Waals surface area contributed by atoms with Gasteiger partial charge in [-0.1, -0.05) is 48.5 Å². The normalized spacial score (nSPS) is 12.6. The van der Waals surface area contributed by atoms with Crippen molar-refractivity contribution in [1.82, 2.24) is 0 Å². The number of benzene rings is 4. The van der Waals surface area contributed by atoms with Crippen LogP contribution in [-0.2, 0) is 27.9 Å². The molecule has 4 rings (SSSR count). The van der Waals surface area contributed by atoms with Gasteiger partial charge in [0.1, 0.15) is 23.9 Å². The molecule has 0 heterocycles. The van der Waals surface area contributed by atoms with E-state index in [2.05, 4.69) is 21.8 Å². The lowest BCUT2D eigenvalue weighted by molar-refractivity contribution is -0.139. The lowest BCUT2D eigenvalue weighted by Crippen LogP contribution is -2.25. The van der Waals surface area contributed by atoms with Crippen molar-refractivity contribution in [3.8, 4) is 17.2 Å². The Morgan fingerprint density at radius 1 is 0.800 bits per heavy atom. The van der Waals surface area contributed by atoms with Crippen LogP contribution in [0, 0.1) is 6.92 Å². The predicted octanol–water partition coefficient (Wildman–Crippen LogP) is 5.33. The number of aliphatic carboxylic acids is 1. The average molecular weight is 635 g/mol. The Labute approximate surface area is 263 Å². The monoisotopic (exact) mass is 634 g/mol. The molecule has 238 valence electrons. The van der Waals surface area contributed by atoms with E-state index in [9.17, 15) is 23.4 Å². The summed E-state index contributed by atoms with van der Waals surface area (Å²) in [5, 5.41) is 28.4. The third-order valence-corrected chi connectivity index (χ3v) is 7.50. The Kier molecular flexibility index (Phi) is 11.4. The van der Waals surface area contributed by atoms with E-state index in [1.54, 1.807) is 30.3 Å². The molecule has 0 aliphatic rings. The number of rotatable bonds is 16. The molecule has 0 saturated heterocycles. The lowest BCUT2D eigenvalue weighted by atomic mass is 10.1. The molecule has 4 N–H and O–H groups in total. The van der Waals surface area contributed by atoms with Gasteiger partial charge in [-0.15, -0.1) is 0 Å². The molecule has 0 aliphatic heterocycles. The van der Waals surface area contributed by atoms with Crippen molar-refractivity contribution >= 4 is 27.4 Å². The van der Waals surface area contributed by atoms with Crippen molar-refractivity contribution in [2.24, 2.45) is 0 Å². The summed E-state index contributed by atoms with van der Waals surface area (Å²) < 4.78 is 38.0. The number of carboxylic acids is 1. The minimum Gasteiger partial charge on any atom is -0.491 e. The standard InChI is InChI=1S/C34H38N2O8S/c1-24-32(35-45(2,41)42)9-6-10-33(24)36(21-25-7-4-3-5-8-25)22-26-11-13-30(14-12-26)44-31-17-15-29(16-18-31)43-23-28(38)19-27(37)20-34(39)40/h3-18,27-28,35,37-38H,19-23H2,1-2H3,(H,39,40)/t27-,28+/m1/s1. The summed E-state index contributed by atoms with van der Waals surface area (Å²) >= 11 is 0. The Morgan fingerprint density at radius 2 is 1.38 bits per heavy atom. The smallest absolute Gasteiger partial charge is 0.305 e. The molecule has 0 radical (unpaired) electrons. The molecule has 0 aliphatic carbocycles. The summed E-state index contributed by atoms with van der Waals surface area (Å²) in [6, 6.07) is 30.3. The molecule has 0 amide bonds. The SMILES string of the molecule is Cc1c(NS(C)(=O)=O)cccc1N(Cc1ccccc1)Cc1ccc(Oc2ccc(OC[C@@H](O)C[C@@H](O)CC(=O)O)cc2)cc1. The molecule has 0 saturated carbocycles. The van der Waals surface area contributed by atoms with Gasteiger partial charge in [0, 0.05) is 25.2 Å². The van der Waals surface area contributed by atoms with Crippen LogP contribution in [-0.4, -0.2) is 54.8 Å². The van der Waals surface area contributed by atoms with Crippen molar-refractivity contribution in [2.45, 2.75) is 45.1 Å². The summed E-state index contributed by atoms with van der Waals surface area (Å²) in [5.41, 5.74) is 4.44. The summed E-state index contributed by atoms with van der Waals surface area (Å²) in [4.78, 5) is 12.9. The minimum absolute atomic E-state index is 0.0856. The number of hydrogen-bond acceptors (Lipinski definition) is 8.